The molecule has 1 unspecified atom stereocenters. The highest BCUT2D eigenvalue weighted by Gasteiger charge is 2.28. The molecular formula is C24H34OS. The van der Waals surface area contributed by atoms with E-state index in [4.69, 9.17) is 0 Å². The van der Waals surface area contributed by atoms with Gasteiger partial charge in [-0.15, -0.1) is 11.3 Å². The Labute approximate surface area is 163 Å². The molecule has 0 bridgehead atoms. The van der Waals surface area contributed by atoms with Crippen LogP contribution in [0.25, 0.3) is 0 Å². The van der Waals surface area contributed by atoms with Gasteiger partial charge in [-0.3, -0.25) is 0 Å². The van der Waals surface area contributed by atoms with Crippen molar-refractivity contribution in [1.82, 2.24) is 0 Å². The van der Waals surface area contributed by atoms with Crippen LogP contribution >= 0.6 is 11.3 Å². The highest BCUT2D eigenvalue weighted by Crippen LogP contribution is 2.42. The number of unbranched alkanes of at least 4 members (excludes halogenated alkanes) is 2. The van der Waals surface area contributed by atoms with E-state index in [1.54, 1.807) is 0 Å². The lowest BCUT2D eigenvalue weighted by molar-refractivity contribution is 0.163. The second-order valence-corrected chi connectivity index (χ2v) is 8.98. The Kier molecular flexibility index (Phi) is 7.76. The van der Waals surface area contributed by atoms with E-state index in [9.17, 15) is 5.11 Å². The number of aliphatic hydroxyl groups excluding tert-OH is 1. The van der Waals surface area contributed by atoms with Crippen molar-refractivity contribution in [3.05, 3.63) is 57.8 Å². The molecule has 2 aromatic rings. The molecule has 1 saturated carbocycles. The predicted octanol–water partition coefficient (Wildman–Crippen LogP) is 7.27. The molecule has 1 nitrogen and oxygen atoms in total. The van der Waals surface area contributed by atoms with Gasteiger partial charge in [-0.2, -0.15) is 0 Å². The summed E-state index contributed by atoms with van der Waals surface area (Å²) in [5.74, 6) is 1.57. The standard InChI is InChI=1S/C24H34OS/c1-2-3-4-13-24(25)21-16-14-20(15-17-21)23-12-6-9-19(23)8-5-10-22-11-7-18-26-22/h7,11,14-19,23-25H,2-6,8-10,12-13H2,1H3/t19-,23-,24?/m0/s1. The van der Waals surface area contributed by atoms with Crippen LogP contribution in [-0.4, -0.2) is 5.11 Å². The normalized spacial score (nSPS) is 21.2. The summed E-state index contributed by atoms with van der Waals surface area (Å²) in [5, 5.41) is 12.5. The van der Waals surface area contributed by atoms with Crippen LogP contribution in [-0.2, 0) is 6.42 Å². The van der Waals surface area contributed by atoms with Crippen LogP contribution in [0.1, 0.15) is 92.7 Å². The third-order valence-electron chi connectivity index (χ3n) is 6.07. The topological polar surface area (TPSA) is 20.2 Å². The molecule has 1 aromatic heterocycles. The minimum Gasteiger partial charge on any atom is -0.388 e. The van der Waals surface area contributed by atoms with Crippen molar-refractivity contribution in [3.63, 3.8) is 0 Å². The average molecular weight is 371 g/mol. The molecule has 2 heteroatoms. The third kappa shape index (κ3) is 5.44. The molecule has 0 aliphatic heterocycles. The van der Waals surface area contributed by atoms with E-state index in [0.29, 0.717) is 0 Å². The lowest BCUT2D eigenvalue weighted by Gasteiger charge is -2.21. The summed E-state index contributed by atoms with van der Waals surface area (Å²) in [6.07, 6.45) is 12.1. The minimum absolute atomic E-state index is 0.291. The summed E-state index contributed by atoms with van der Waals surface area (Å²) < 4.78 is 0. The van der Waals surface area contributed by atoms with E-state index >= 15 is 0 Å². The number of aryl methyl sites for hydroxylation is 1. The molecule has 0 saturated heterocycles. The van der Waals surface area contributed by atoms with Gasteiger partial charge in [0.25, 0.3) is 0 Å². The fraction of sp³-hybridized carbons (Fsp3) is 0.583. The van der Waals surface area contributed by atoms with Gasteiger partial charge in [-0.1, -0.05) is 62.9 Å². The maximum atomic E-state index is 10.4. The fourth-order valence-electron chi connectivity index (χ4n) is 4.53. The molecule has 1 N–H and O–H groups in total. The molecule has 1 aliphatic carbocycles. The van der Waals surface area contributed by atoms with Gasteiger partial charge in [0.15, 0.2) is 0 Å². The molecule has 0 radical (unpaired) electrons. The SMILES string of the molecule is CCCCCC(O)c1ccc([C@H]2CCC[C@@H]2CCCc2cccs2)cc1. The van der Waals surface area contributed by atoms with Crippen LogP contribution in [0.15, 0.2) is 41.8 Å². The number of hydrogen-bond acceptors (Lipinski definition) is 2. The van der Waals surface area contributed by atoms with Crippen molar-refractivity contribution < 1.29 is 5.11 Å². The summed E-state index contributed by atoms with van der Waals surface area (Å²) in [7, 11) is 0. The Bertz CT molecular complexity index is 616. The molecule has 0 amide bonds. The number of aliphatic hydroxyl groups is 1. The monoisotopic (exact) mass is 370 g/mol. The first kappa shape index (κ1) is 19.6. The van der Waals surface area contributed by atoms with E-state index in [-0.39, 0.29) is 6.10 Å². The van der Waals surface area contributed by atoms with Crippen molar-refractivity contribution in [1.29, 1.82) is 0 Å². The Balaban J connectivity index is 1.51. The zero-order valence-electron chi connectivity index (χ0n) is 16.2. The first-order valence-corrected chi connectivity index (χ1v) is 11.5. The van der Waals surface area contributed by atoms with Crippen LogP contribution in [0, 0.1) is 5.92 Å². The lowest BCUT2D eigenvalue weighted by Crippen LogP contribution is -2.07. The highest BCUT2D eigenvalue weighted by atomic mass is 32.1. The first-order valence-electron chi connectivity index (χ1n) is 10.6. The number of thiophene rings is 1. The van der Waals surface area contributed by atoms with Gasteiger partial charge in [0.1, 0.15) is 0 Å². The van der Waals surface area contributed by atoms with Crippen molar-refractivity contribution in [2.24, 2.45) is 5.92 Å². The van der Waals surface area contributed by atoms with Crippen molar-refractivity contribution in [2.45, 2.75) is 83.2 Å². The van der Waals surface area contributed by atoms with E-state index in [1.807, 2.05) is 11.3 Å². The molecule has 1 aromatic carbocycles. The molecule has 3 atom stereocenters. The van der Waals surface area contributed by atoms with E-state index in [1.165, 1.54) is 61.8 Å². The van der Waals surface area contributed by atoms with Gasteiger partial charge in [0.05, 0.1) is 6.10 Å². The maximum absolute atomic E-state index is 10.4. The number of hydrogen-bond donors (Lipinski definition) is 1. The molecule has 1 fully saturated rings. The largest absolute Gasteiger partial charge is 0.388 e. The van der Waals surface area contributed by atoms with Gasteiger partial charge >= 0.3 is 0 Å². The minimum atomic E-state index is -0.291. The Morgan fingerprint density at radius 2 is 1.92 bits per heavy atom. The van der Waals surface area contributed by atoms with Crippen molar-refractivity contribution >= 4 is 11.3 Å². The van der Waals surface area contributed by atoms with Crippen LogP contribution in [0.4, 0.5) is 0 Å². The first-order chi connectivity index (χ1) is 12.8. The van der Waals surface area contributed by atoms with Crippen LogP contribution in [0.5, 0.6) is 0 Å². The molecular weight excluding hydrogens is 336 g/mol. The second-order valence-electron chi connectivity index (χ2n) is 7.95. The molecule has 0 spiro atoms. The maximum Gasteiger partial charge on any atom is 0.0790 e. The third-order valence-corrected chi connectivity index (χ3v) is 7.00. The summed E-state index contributed by atoms with van der Waals surface area (Å²) >= 11 is 1.89. The molecule has 1 heterocycles. The van der Waals surface area contributed by atoms with Crippen LogP contribution < -0.4 is 0 Å². The van der Waals surface area contributed by atoms with Gasteiger partial charge in [-0.25, -0.2) is 0 Å². The molecule has 1 aliphatic rings. The van der Waals surface area contributed by atoms with E-state index < -0.39 is 0 Å². The van der Waals surface area contributed by atoms with Crippen LogP contribution in [0.3, 0.4) is 0 Å². The summed E-state index contributed by atoms with van der Waals surface area (Å²) in [6.45, 7) is 2.21. The van der Waals surface area contributed by atoms with Gasteiger partial charge in [-0.05, 0) is 72.9 Å². The zero-order chi connectivity index (χ0) is 18.2. The molecule has 3 rings (SSSR count). The second kappa shape index (κ2) is 10.3. The Hall–Kier alpha value is -1.12. The van der Waals surface area contributed by atoms with Crippen LogP contribution in [0.2, 0.25) is 0 Å². The number of rotatable bonds is 10. The smallest absolute Gasteiger partial charge is 0.0790 e. The van der Waals surface area contributed by atoms with Gasteiger partial charge in [0, 0.05) is 4.88 Å². The Morgan fingerprint density at radius 1 is 1.08 bits per heavy atom. The summed E-state index contributed by atoms with van der Waals surface area (Å²) in [5.41, 5.74) is 2.59. The van der Waals surface area contributed by atoms with E-state index in [0.717, 1.165) is 30.2 Å². The lowest BCUT2D eigenvalue weighted by atomic mass is 9.85. The molecule has 142 valence electrons. The summed E-state index contributed by atoms with van der Waals surface area (Å²) in [4.78, 5) is 1.53. The summed E-state index contributed by atoms with van der Waals surface area (Å²) in [6, 6.07) is 13.4. The average Bonchev–Trinajstić information content (AvgIpc) is 3.34. The molecule has 26 heavy (non-hydrogen) atoms. The predicted molar refractivity (Wildman–Crippen MR) is 113 cm³/mol. The van der Waals surface area contributed by atoms with Crippen molar-refractivity contribution in [2.75, 3.05) is 0 Å². The Morgan fingerprint density at radius 3 is 2.65 bits per heavy atom. The van der Waals surface area contributed by atoms with Gasteiger partial charge in [0.2, 0.25) is 0 Å². The zero-order valence-corrected chi connectivity index (χ0v) is 17.0. The fourth-order valence-corrected chi connectivity index (χ4v) is 5.29. The van der Waals surface area contributed by atoms with Gasteiger partial charge < -0.3 is 5.11 Å². The van der Waals surface area contributed by atoms with E-state index in [2.05, 4.69) is 48.7 Å². The van der Waals surface area contributed by atoms with Crippen molar-refractivity contribution in [3.8, 4) is 0 Å². The highest BCUT2D eigenvalue weighted by molar-refractivity contribution is 7.09. The quantitative estimate of drug-likeness (QED) is 0.436. The number of benzene rings is 1.